The molecule has 1 heterocycles. The van der Waals surface area contributed by atoms with Gasteiger partial charge in [-0.25, -0.2) is 4.98 Å². The molecule has 1 N–H and O–H groups in total. The fourth-order valence-corrected chi connectivity index (χ4v) is 3.58. The van der Waals surface area contributed by atoms with Crippen molar-refractivity contribution >= 4 is 23.4 Å². The highest BCUT2D eigenvalue weighted by Gasteiger charge is 2.15. The minimum absolute atomic E-state index is 0.00151. The Morgan fingerprint density at radius 3 is 2.52 bits per heavy atom. The molecule has 0 aliphatic rings. The molecule has 0 atom stereocenters. The van der Waals surface area contributed by atoms with E-state index in [4.69, 9.17) is 0 Å². The number of para-hydroxylation sites is 1. The third-order valence-electron chi connectivity index (χ3n) is 4.27. The maximum absolute atomic E-state index is 12.5. The number of carbonyl (C=O) groups is 1. The highest BCUT2D eigenvalue weighted by atomic mass is 32.2. The zero-order valence-electron chi connectivity index (χ0n) is 15.5. The van der Waals surface area contributed by atoms with E-state index in [9.17, 15) is 9.90 Å². The standard InChI is InChI=1S/C21H23N3O2S/c1-16-8-10-17(11-9-16)12-24-13-18(14-25)22-21(24)27-15-20(26)23(2)19-6-4-3-5-7-19/h3-11,13,25H,12,14-15H2,1-2H3. The Morgan fingerprint density at radius 2 is 1.85 bits per heavy atom. The summed E-state index contributed by atoms with van der Waals surface area (Å²) in [5, 5.41) is 10.2. The minimum Gasteiger partial charge on any atom is -0.390 e. The Balaban J connectivity index is 1.69. The van der Waals surface area contributed by atoms with Gasteiger partial charge in [-0.15, -0.1) is 0 Å². The zero-order valence-corrected chi connectivity index (χ0v) is 16.3. The Bertz CT molecular complexity index is 892. The number of benzene rings is 2. The van der Waals surface area contributed by atoms with Crippen LogP contribution in [-0.2, 0) is 17.9 Å². The predicted octanol–water partition coefficient (Wildman–Crippen LogP) is 3.49. The number of rotatable bonds is 7. The summed E-state index contributed by atoms with van der Waals surface area (Å²) in [6, 6.07) is 17.9. The first-order valence-electron chi connectivity index (χ1n) is 8.73. The summed E-state index contributed by atoms with van der Waals surface area (Å²) in [5.74, 6) is 0.280. The van der Waals surface area contributed by atoms with Crippen LogP contribution in [0.3, 0.4) is 0 Å². The molecule has 27 heavy (non-hydrogen) atoms. The van der Waals surface area contributed by atoms with E-state index in [1.54, 1.807) is 11.9 Å². The number of carbonyl (C=O) groups excluding carboxylic acids is 1. The molecule has 6 heteroatoms. The molecule has 140 valence electrons. The van der Waals surface area contributed by atoms with Crippen molar-refractivity contribution in [1.82, 2.24) is 9.55 Å². The number of imidazole rings is 1. The van der Waals surface area contributed by atoms with E-state index < -0.39 is 0 Å². The Kier molecular flexibility index (Phi) is 6.32. The summed E-state index contributed by atoms with van der Waals surface area (Å²) >= 11 is 1.39. The van der Waals surface area contributed by atoms with Crippen LogP contribution in [0.4, 0.5) is 5.69 Å². The number of hydrogen-bond acceptors (Lipinski definition) is 4. The van der Waals surface area contributed by atoms with Crippen LogP contribution >= 0.6 is 11.8 Å². The lowest BCUT2D eigenvalue weighted by Gasteiger charge is -2.17. The van der Waals surface area contributed by atoms with E-state index in [-0.39, 0.29) is 18.3 Å². The first-order valence-corrected chi connectivity index (χ1v) is 9.72. The van der Waals surface area contributed by atoms with E-state index in [0.29, 0.717) is 12.2 Å². The summed E-state index contributed by atoms with van der Waals surface area (Å²) in [5.41, 5.74) is 3.83. The SMILES string of the molecule is Cc1ccc(Cn2cc(CO)nc2SCC(=O)N(C)c2ccccc2)cc1. The second kappa shape index (κ2) is 8.88. The number of aryl methyl sites for hydroxylation is 1. The van der Waals surface area contributed by atoms with Crippen molar-refractivity contribution in [3.05, 3.63) is 77.6 Å². The number of aliphatic hydroxyl groups is 1. The number of amides is 1. The van der Waals surface area contributed by atoms with Gasteiger partial charge >= 0.3 is 0 Å². The summed E-state index contributed by atoms with van der Waals surface area (Å²) < 4.78 is 1.98. The molecule has 0 saturated carbocycles. The maximum Gasteiger partial charge on any atom is 0.237 e. The molecule has 0 saturated heterocycles. The molecule has 0 unspecified atom stereocenters. The summed E-state index contributed by atoms with van der Waals surface area (Å²) in [7, 11) is 1.77. The van der Waals surface area contributed by atoms with Crippen LogP contribution in [0.2, 0.25) is 0 Å². The van der Waals surface area contributed by atoms with Gasteiger partial charge in [-0.1, -0.05) is 59.8 Å². The topological polar surface area (TPSA) is 58.4 Å². The van der Waals surface area contributed by atoms with E-state index in [1.807, 2.05) is 41.1 Å². The predicted molar refractivity (Wildman–Crippen MR) is 109 cm³/mol. The number of anilines is 1. The number of nitrogens with zero attached hydrogens (tertiary/aromatic N) is 3. The molecule has 3 rings (SSSR count). The molecule has 0 aliphatic carbocycles. The van der Waals surface area contributed by atoms with Crippen LogP contribution in [-0.4, -0.2) is 33.4 Å². The van der Waals surface area contributed by atoms with Crippen molar-refractivity contribution in [2.45, 2.75) is 25.2 Å². The van der Waals surface area contributed by atoms with Gasteiger partial charge in [0.05, 0.1) is 18.1 Å². The number of aliphatic hydroxyl groups excluding tert-OH is 1. The van der Waals surface area contributed by atoms with Crippen molar-refractivity contribution in [3.63, 3.8) is 0 Å². The molecular weight excluding hydrogens is 358 g/mol. The Labute approximate surface area is 163 Å². The quantitative estimate of drug-likeness (QED) is 0.637. The molecule has 0 aliphatic heterocycles. The number of aromatic nitrogens is 2. The van der Waals surface area contributed by atoms with Crippen molar-refractivity contribution in [3.8, 4) is 0 Å². The smallest absolute Gasteiger partial charge is 0.237 e. The van der Waals surface area contributed by atoms with Gasteiger partial charge < -0.3 is 14.6 Å². The van der Waals surface area contributed by atoms with Crippen LogP contribution in [0.25, 0.3) is 0 Å². The molecular formula is C21H23N3O2S. The molecule has 1 amide bonds. The first kappa shape index (κ1) is 19.2. The van der Waals surface area contributed by atoms with Gasteiger partial charge in [-0.2, -0.15) is 0 Å². The summed E-state index contributed by atoms with van der Waals surface area (Å²) in [6.07, 6.45) is 1.84. The zero-order chi connectivity index (χ0) is 19.2. The largest absolute Gasteiger partial charge is 0.390 e. The molecule has 0 spiro atoms. The second-order valence-electron chi connectivity index (χ2n) is 6.36. The normalized spacial score (nSPS) is 10.8. The molecule has 2 aromatic carbocycles. The minimum atomic E-state index is -0.119. The van der Waals surface area contributed by atoms with Gasteiger partial charge in [0.15, 0.2) is 5.16 Å². The van der Waals surface area contributed by atoms with Crippen molar-refractivity contribution in [2.75, 3.05) is 17.7 Å². The number of hydrogen-bond donors (Lipinski definition) is 1. The average Bonchev–Trinajstić information content (AvgIpc) is 3.09. The number of thioether (sulfide) groups is 1. The second-order valence-corrected chi connectivity index (χ2v) is 7.31. The van der Waals surface area contributed by atoms with Crippen molar-refractivity contribution in [2.24, 2.45) is 0 Å². The van der Waals surface area contributed by atoms with Crippen LogP contribution in [0.15, 0.2) is 66.0 Å². The average molecular weight is 382 g/mol. The van der Waals surface area contributed by atoms with E-state index in [2.05, 4.69) is 36.2 Å². The third kappa shape index (κ3) is 4.99. The highest BCUT2D eigenvalue weighted by Crippen LogP contribution is 2.21. The van der Waals surface area contributed by atoms with E-state index >= 15 is 0 Å². The fourth-order valence-electron chi connectivity index (χ4n) is 2.66. The van der Waals surface area contributed by atoms with Gasteiger partial charge in [-0.3, -0.25) is 4.79 Å². The van der Waals surface area contributed by atoms with Crippen molar-refractivity contribution in [1.29, 1.82) is 0 Å². The van der Waals surface area contributed by atoms with Gasteiger partial charge in [0.1, 0.15) is 0 Å². The van der Waals surface area contributed by atoms with E-state index in [1.165, 1.54) is 17.3 Å². The Hall–Kier alpha value is -2.57. The maximum atomic E-state index is 12.5. The van der Waals surface area contributed by atoms with Crippen LogP contribution in [0, 0.1) is 6.92 Å². The third-order valence-corrected chi connectivity index (χ3v) is 5.24. The summed E-state index contributed by atoms with van der Waals surface area (Å²) in [6.45, 7) is 2.59. The van der Waals surface area contributed by atoms with Crippen LogP contribution in [0.1, 0.15) is 16.8 Å². The molecule has 3 aromatic rings. The molecule has 5 nitrogen and oxygen atoms in total. The molecule has 0 bridgehead atoms. The lowest BCUT2D eigenvalue weighted by Crippen LogP contribution is -2.27. The Morgan fingerprint density at radius 1 is 1.15 bits per heavy atom. The van der Waals surface area contributed by atoms with Gasteiger partial charge in [0, 0.05) is 25.5 Å². The lowest BCUT2D eigenvalue weighted by atomic mass is 10.1. The molecule has 1 aromatic heterocycles. The van der Waals surface area contributed by atoms with Crippen LogP contribution < -0.4 is 4.90 Å². The summed E-state index contributed by atoms with van der Waals surface area (Å²) in [4.78, 5) is 18.6. The highest BCUT2D eigenvalue weighted by molar-refractivity contribution is 7.99. The first-order chi connectivity index (χ1) is 13.1. The fraction of sp³-hybridized carbons (Fsp3) is 0.238. The monoisotopic (exact) mass is 381 g/mol. The molecule has 0 radical (unpaired) electrons. The van der Waals surface area contributed by atoms with Gasteiger partial charge in [0.25, 0.3) is 0 Å². The van der Waals surface area contributed by atoms with Crippen molar-refractivity contribution < 1.29 is 9.90 Å². The van der Waals surface area contributed by atoms with Gasteiger partial charge in [0.2, 0.25) is 5.91 Å². The molecule has 0 fully saturated rings. The van der Waals surface area contributed by atoms with Gasteiger partial charge in [-0.05, 0) is 24.6 Å². The van der Waals surface area contributed by atoms with Crippen LogP contribution in [0.5, 0.6) is 0 Å². The lowest BCUT2D eigenvalue weighted by molar-refractivity contribution is -0.115. The van der Waals surface area contributed by atoms with E-state index in [0.717, 1.165) is 16.4 Å².